The highest BCUT2D eigenvalue weighted by atomic mass is 35.5. The number of carbonyl (C=O) groups excluding carboxylic acids is 1. The second-order valence-corrected chi connectivity index (χ2v) is 11.1. The summed E-state index contributed by atoms with van der Waals surface area (Å²) in [6, 6.07) is 3.53. The monoisotopic (exact) mass is 489 g/mol. The van der Waals surface area contributed by atoms with Gasteiger partial charge in [0.05, 0.1) is 16.1 Å². The largest absolute Gasteiger partial charge is 0.398 e. The number of thiophene rings is 1. The van der Waals surface area contributed by atoms with Crippen molar-refractivity contribution < 1.29 is 4.79 Å². The Morgan fingerprint density at radius 2 is 2.06 bits per heavy atom. The summed E-state index contributed by atoms with van der Waals surface area (Å²) in [6.45, 7) is 6.25. The molecule has 0 atom stereocenters. The van der Waals surface area contributed by atoms with E-state index in [-0.39, 0.29) is 0 Å². The average Bonchev–Trinajstić information content (AvgIpc) is 3.32. The van der Waals surface area contributed by atoms with Crippen molar-refractivity contribution in [2.45, 2.75) is 50.8 Å². The molecule has 0 radical (unpaired) electrons. The number of rotatable bonds is 3. The first-order valence-corrected chi connectivity index (χ1v) is 12.4. The van der Waals surface area contributed by atoms with E-state index in [1.54, 1.807) is 23.7 Å². The summed E-state index contributed by atoms with van der Waals surface area (Å²) in [4.78, 5) is 24.1. The van der Waals surface area contributed by atoms with Crippen LogP contribution < -0.4 is 11.1 Å². The SMILES string of the molecule is CC1(C)CCN(C=O)C1.Nc1cc(Cl)c(Nc2ncnc3sc4c(c23)CCCC4)cc1S. The Kier molecular flexibility index (Phi) is 6.83. The maximum atomic E-state index is 10.2. The summed E-state index contributed by atoms with van der Waals surface area (Å²) in [6.07, 6.45) is 8.38. The van der Waals surface area contributed by atoms with Crippen LogP contribution in [0.5, 0.6) is 0 Å². The summed E-state index contributed by atoms with van der Waals surface area (Å²) in [5, 5.41) is 5.02. The molecule has 1 fully saturated rings. The lowest BCUT2D eigenvalue weighted by Gasteiger charge is -2.15. The summed E-state index contributed by atoms with van der Waals surface area (Å²) < 4.78 is 0. The highest BCUT2D eigenvalue weighted by molar-refractivity contribution is 7.80. The quantitative estimate of drug-likeness (QED) is 0.249. The van der Waals surface area contributed by atoms with Crippen molar-refractivity contribution in [3.63, 3.8) is 0 Å². The van der Waals surface area contributed by atoms with Gasteiger partial charge in [0, 0.05) is 28.5 Å². The van der Waals surface area contributed by atoms with Gasteiger partial charge in [-0.15, -0.1) is 24.0 Å². The van der Waals surface area contributed by atoms with E-state index in [1.807, 2.05) is 11.0 Å². The maximum absolute atomic E-state index is 10.2. The van der Waals surface area contributed by atoms with Crippen molar-refractivity contribution in [1.82, 2.24) is 14.9 Å². The van der Waals surface area contributed by atoms with Gasteiger partial charge < -0.3 is 16.0 Å². The van der Waals surface area contributed by atoms with E-state index < -0.39 is 0 Å². The number of thiol groups is 1. The number of nitrogen functional groups attached to an aromatic ring is 1. The van der Waals surface area contributed by atoms with Gasteiger partial charge in [-0.2, -0.15) is 0 Å². The molecule has 3 heterocycles. The fourth-order valence-electron chi connectivity index (χ4n) is 4.23. The van der Waals surface area contributed by atoms with Crippen molar-refractivity contribution in [1.29, 1.82) is 0 Å². The van der Waals surface area contributed by atoms with E-state index >= 15 is 0 Å². The number of likely N-dealkylation sites (tertiary alicyclic amines) is 1. The zero-order chi connectivity index (χ0) is 22.9. The molecular weight excluding hydrogens is 462 g/mol. The van der Waals surface area contributed by atoms with Gasteiger partial charge in [-0.3, -0.25) is 4.79 Å². The number of aryl methyl sites for hydroxylation is 2. The normalized spacial score (nSPS) is 16.9. The molecule has 0 unspecified atom stereocenters. The third-order valence-electron chi connectivity index (χ3n) is 5.98. The first kappa shape index (κ1) is 23.1. The van der Waals surface area contributed by atoms with Crippen LogP contribution in [-0.2, 0) is 17.6 Å². The molecule has 1 aliphatic carbocycles. The molecule has 32 heavy (non-hydrogen) atoms. The second kappa shape index (κ2) is 9.45. The Labute approximate surface area is 203 Å². The molecule has 1 amide bonds. The van der Waals surface area contributed by atoms with Crippen molar-refractivity contribution in [3.8, 4) is 0 Å². The first-order chi connectivity index (χ1) is 15.3. The van der Waals surface area contributed by atoms with E-state index in [9.17, 15) is 4.79 Å². The summed E-state index contributed by atoms with van der Waals surface area (Å²) in [5.41, 5.74) is 8.89. The Bertz CT molecular complexity index is 1150. The van der Waals surface area contributed by atoms with E-state index in [0.717, 1.165) is 60.5 Å². The van der Waals surface area contributed by atoms with Gasteiger partial charge in [-0.1, -0.05) is 25.4 Å². The van der Waals surface area contributed by atoms with Crippen molar-refractivity contribution >= 4 is 69.4 Å². The topological polar surface area (TPSA) is 84.1 Å². The molecule has 1 saturated heterocycles. The molecule has 170 valence electrons. The van der Waals surface area contributed by atoms with Crippen LogP contribution in [0.3, 0.4) is 0 Å². The number of halogens is 1. The fraction of sp³-hybridized carbons (Fsp3) is 0.435. The number of nitrogens with one attached hydrogen (secondary N) is 1. The third-order valence-corrected chi connectivity index (χ3v) is 7.88. The van der Waals surface area contributed by atoms with Crippen LogP contribution in [0.2, 0.25) is 5.02 Å². The van der Waals surface area contributed by atoms with Crippen LogP contribution in [0.25, 0.3) is 10.2 Å². The summed E-state index contributed by atoms with van der Waals surface area (Å²) >= 11 is 12.4. The number of fused-ring (bicyclic) bond motifs is 3. The number of carbonyl (C=O) groups is 1. The highest BCUT2D eigenvalue weighted by Crippen LogP contribution is 2.40. The Morgan fingerprint density at radius 1 is 1.28 bits per heavy atom. The van der Waals surface area contributed by atoms with Gasteiger partial charge in [0.15, 0.2) is 0 Å². The second-order valence-electron chi connectivity index (χ2n) is 9.12. The van der Waals surface area contributed by atoms with Crippen molar-refractivity contribution in [2.24, 2.45) is 5.41 Å². The minimum absolute atomic E-state index is 0.362. The first-order valence-electron chi connectivity index (χ1n) is 10.8. The van der Waals surface area contributed by atoms with Gasteiger partial charge in [-0.25, -0.2) is 9.97 Å². The third kappa shape index (κ3) is 4.97. The maximum Gasteiger partial charge on any atom is 0.209 e. The van der Waals surface area contributed by atoms with Crippen molar-refractivity contribution in [2.75, 3.05) is 24.1 Å². The number of amides is 1. The summed E-state index contributed by atoms with van der Waals surface area (Å²) in [7, 11) is 0. The predicted molar refractivity (Wildman–Crippen MR) is 136 cm³/mol. The van der Waals surface area contributed by atoms with Crippen LogP contribution in [0.4, 0.5) is 17.2 Å². The van der Waals surface area contributed by atoms with E-state index in [4.69, 9.17) is 17.3 Å². The Hall–Kier alpha value is -2.03. The molecule has 2 aromatic heterocycles. The lowest BCUT2D eigenvalue weighted by atomic mass is 9.93. The molecule has 9 heteroatoms. The van der Waals surface area contributed by atoms with Gasteiger partial charge in [0.1, 0.15) is 17.0 Å². The zero-order valence-corrected chi connectivity index (χ0v) is 20.8. The zero-order valence-electron chi connectivity index (χ0n) is 18.3. The van der Waals surface area contributed by atoms with Crippen LogP contribution in [0.15, 0.2) is 23.4 Å². The lowest BCUT2D eigenvalue weighted by molar-refractivity contribution is -0.117. The molecule has 3 aromatic rings. The number of nitrogens with zero attached hydrogens (tertiary/aromatic N) is 3. The molecule has 1 aromatic carbocycles. The number of anilines is 3. The number of aromatic nitrogens is 2. The number of hydrogen-bond donors (Lipinski definition) is 3. The standard InChI is InChI=1S/C16H15ClN4S2.C7H13NO/c17-9-5-10(18)12(22)6-11(9)21-15-14-8-3-1-2-4-13(8)23-16(14)20-7-19-15;1-7(2)3-4-8(5-7)6-9/h5-7,22H,1-4,18H2,(H,19,20,21);6H,3-5H2,1-2H3. The minimum Gasteiger partial charge on any atom is -0.398 e. The van der Waals surface area contributed by atoms with Crippen LogP contribution in [0, 0.1) is 5.41 Å². The summed E-state index contributed by atoms with van der Waals surface area (Å²) in [5.74, 6) is 0.800. The molecule has 0 spiro atoms. The smallest absolute Gasteiger partial charge is 0.209 e. The molecular formula is C23H28ClN5OS2. The highest BCUT2D eigenvalue weighted by Gasteiger charge is 2.27. The molecule has 5 rings (SSSR count). The molecule has 0 bridgehead atoms. The van der Waals surface area contributed by atoms with E-state index in [0.29, 0.717) is 21.0 Å². The minimum atomic E-state index is 0.362. The average molecular weight is 490 g/mol. The van der Waals surface area contributed by atoms with Gasteiger partial charge in [0.2, 0.25) is 6.41 Å². The van der Waals surface area contributed by atoms with Gasteiger partial charge in [0.25, 0.3) is 0 Å². The number of nitrogens with two attached hydrogens (primary N) is 1. The molecule has 6 nitrogen and oxygen atoms in total. The molecule has 3 N–H and O–H groups in total. The van der Waals surface area contributed by atoms with Crippen LogP contribution in [0.1, 0.15) is 43.6 Å². The van der Waals surface area contributed by atoms with Gasteiger partial charge in [-0.05, 0) is 55.2 Å². The van der Waals surface area contributed by atoms with Crippen LogP contribution >= 0.6 is 35.6 Å². The van der Waals surface area contributed by atoms with E-state index in [1.165, 1.54) is 23.3 Å². The lowest BCUT2D eigenvalue weighted by Crippen LogP contribution is -2.21. The van der Waals surface area contributed by atoms with E-state index in [2.05, 4.69) is 41.8 Å². The molecule has 2 aliphatic rings. The number of hydrogen-bond acceptors (Lipinski definition) is 7. The molecule has 0 saturated carbocycles. The predicted octanol–water partition coefficient (Wildman–Crippen LogP) is 5.71. The Balaban J connectivity index is 0.000000230. The Morgan fingerprint density at radius 3 is 2.75 bits per heavy atom. The van der Waals surface area contributed by atoms with Crippen LogP contribution in [-0.4, -0.2) is 34.4 Å². The van der Waals surface area contributed by atoms with Gasteiger partial charge >= 0.3 is 0 Å². The molecule has 1 aliphatic heterocycles. The number of benzene rings is 1. The fourth-order valence-corrected chi connectivity index (χ4v) is 5.87. The van der Waals surface area contributed by atoms with Crippen molar-refractivity contribution in [3.05, 3.63) is 33.9 Å².